The van der Waals surface area contributed by atoms with Gasteiger partial charge in [0.1, 0.15) is 12.6 Å². The number of hydrogen-bond donors (Lipinski definition) is 1. The second-order valence-corrected chi connectivity index (χ2v) is 5.18. The zero-order valence-electron chi connectivity index (χ0n) is 13.3. The van der Waals surface area contributed by atoms with Crippen LogP contribution in [0, 0.1) is 0 Å². The second kappa shape index (κ2) is 9.82. The maximum atomic E-state index is 12.2. The molecule has 0 bridgehead atoms. The molecule has 0 aliphatic carbocycles. The van der Waals surface area contributed by atoms with Crippen molar-refractivity contribution in [2.24, 2.45) is 0 Å². The minimum absolute atomic E-state index is 0.150. The molecule has 0 heterocycles. The Morgan fingerprint density at radius 3 is 2.41 bits per heavy atom. The fourth-order valence-electron chi connectivity index (χ4n) is 2.28. The number of carboxylic acid groups (broad SMARTS) is 1. The molecule has 1 unspecified atom stereocenters. The van der Waals surface area contributed by atoms with Crippen LogP contribution < -0.4 is 0 Å². The van der Waals surface area contributed by atoms with Crippen LogP contribution >= 0.6 is 0 Å². The van der Waals surface area contributed by atoms with Crippen molar-refractivity contribution in [2.45, 2.75) is 52.2 Å². The zero-order valence-corrected chi connectivity index (χ0v) is 13.3. The van der Waals surface area contributed by atoms with Crippen molar-refractivity contribution in [2.75, 3.05) is 6.54 Å². The monoisotopic (exact) mass is 307 g/mol. The molecule has 0 aromatic heterocycles. The van der Waals surface area contributed by atoms with Gasteiger partial charge in [0, 0.05) is 6.54 Å². The van der Waals surface area contributed by atoms with Crippen LogP contribution in [-0.4, -0.2) is 34.7 Å². The molecule has 0 spiro atoms. The standard InChI is InChI=1S/C17H25NO4/c1-3-5-7-12-15(16(19)20)18(4-2)17(21)22-13-14-10-8-6-9-11-14/h6,8-11,15H,3-5,7,12-13H2,1-2H3,(H,19,20). The number of hydrogen-bond acceptors (Lipinski definition) is 3. The summed E-state index contributed by atoms with van der Waals surface area (Å²) in [6, 6.07) is 8.52. The summed E-state index contributed by atoms with van der Waals surface area (Å²) >= 11 is 0. The van der Waals surface area contributed by atoms with Crippen LogP contribution in [0.5, 0.6) is 0 Å². The number of unbranched alkanes of at least 4 members (excludes halogenated alkanes) is 2. The van der Waals surface area contributed by atoms with Crippen molar-refractivity contribution in [3.8, 4) is 0 Å². The fraction of sp³-hybridized carbons (Fsp3) is 0.529. The van der Waals surface area contributed by atoms with E-state index in [1.807, 2.05) is 30.3 Å². The van der Waals surface area contributed by atoms with E-state index in [9.17, 15) is 14.7 Å². The van der Waals surface area contributed by atoms with E-state index in [0.29, 0.717) is 13.0 Å². The maximum Gasteiger partial charge on any atom is 0.410 e. The van der Waals surface area contributed by atoms with Crippen LogP contribution in [0.3, 0.4) is 0 Å². The molecule has 0 aliphatic heterocycles. The largest absolute Gasteiger partial charge is 0.480 e. The number of carboxylic acids is 1. The van der Waals surface area contributed by atoms with Gasteiger partial charge in [0.05, 0.1) is 0 Å². The fourth-order valence-corrected chi connectivity index (χ4v) is 2.28. The predicted octanol–water partition coefficient (Wildman–Crippen LogP) is 3.68. The van der Waals surface area contributed by atoms with Gasteiger partial charge in [0.15, 0.2) is 0 Å². The number of amides is 1. The first-order valence-corrected chi connectivity index (χ1v) is 7.80. The molecule has 0 aliphatic rings. The van der Waals surface area contributed by atoms with E-state index in [1.165, 1.54) is 4.90 Å². The Balaban J connectivity index is 2.61. The summed E-state index contributed by atoms with van der Waals surface area (Å²) in [5, 5.41) is 9.36. The van der Waals surface area contributed by atoms with Crippen molar-refractivity contribution in [3.63, 3.8) is 0 Å². The second-order valence-electron chi connectivity index (χ2n) is 5.18. The lowest BCUT2D eigenvalue weighted by atomic mass is 10.1. The first kappa shape index (κ1) is 18.0. The van der Waals surface area contributed by atoms with Gasteiger partial charge in [-0.3, -0.25) is 4.90 Å². The summed E-state index contributed by atoms with van der Waals surface area (Å²) < 4.78 is 5.24. The number of aliphatic carboxylic acids is 1. The lowest BCUT2D eigenvalue weighted by Crippen LogP contribution is -2.45. The minimum Gasteiger partial charge on any atom is -0.480 e. The molecule has 0 saturated carbocycles. The Hall–Kier alpha value is -2.04. The molecule has 1 amide bonds. The van der Waals surface area contributed by atoms with Crippen molar-refractivity contribution >= 4 is 12.1 Å². The molecule has 1 aromatic carbocycles. The van der Waals surface area contributed by atoms with E-state index in [1.54, 1.807) is 6.92 Å². The third-order valence-electron chi connectivity index (χ3n) is 3.52. The number of carbonyl (C=O) groups is 2. The third-order valence-corrected chi connectivity index (χ3v) is 3.52. The summed E-state index contributed by atoms with van der Waals surface area (Å²) in [4.78, 5) is 24.9. The third kappa shape index (κ3) is 5.76. The molecule has 0 saturated heterocycles. The minimum atomic E-state index is -0.977. The summed E-state index contributed by atoms with van der Waals surface area (Å²) in [5.74, 6) is -0.977. The van der Waals surface area contributed by atoms with E-state index in [0.717, 1.165) is 24.8 Å². The molecule has 0 radical (unpaired) electrons. The van der Waals surface area contributed by atoms with Gasteiger partial charge in [-0.15, -0.1) is 0 Å². The van der Waals surface area contributed by atoms with Crippen molar-refractivity contribution in [1.29, 1.82) is 0 Å². The van der Waals surface area contributed by atoms with E-state index < -0.39 is 18.1 Å². The molecule has 122 valence electrons. The first-order valence-electron chi connectivity index (χ1n) is 7.80. The highest BCUT2D eigenvalue weighted by Crippen LogP contribution is 2.13. The molecule has 5 heteroatoms. The van der Waals surface area contributed by atoms with Gasteiger partial charge in [0.25, 0.3) is 0 Å². The van der Waals surface area contributed by atoms with Gasteiger partial charge in [-0.25, -0.2) is 9.59 Å². The van der Waals surface area contributed by atoms with Gasteiger partial charge in [0.2, 0.25) is 0 Å². The summed E-state index contributed by atoms with van der Waals surface area (Å²) in [5.41, 5.74) is 0.879. The lowest BCUT2D eigenvalue weighted by Gasteiger charge is -2.27. The van der Waals surface area contributed by atoms with Gasteiger partial charge in [-0.1, -0.05) is 56.5 Å². The maximum absolute atomic E-state index is 12.2. The molecular formula is C17H25NO4. The van der Waals surface area contributed by atoms with Gasteiger partial charge < -0.3 is 9.84 Å². The Morgan fingerprint density at radius 2 is 1.86 bits per heavy atom. The average molecular weight is 307 g/mol. The van der Waals surface area contributed by atoms with Gasteiger partial charge in [-0.05, 0) is 18.9 Å². The first-order chi connectivity index (χ1) is 10.6. The summed E-state index contributed by atoms with van der Waals surface area (Å²) in [7, 11) is 0. The number of likely N-dealkylation sites (N-methyl/N-ethyl adjacent to an activating group) is 1. The Kier molecular flexibility index (Phi) is 8.04. The number of ether oxygens (including phenoxy) is 1. The van der Waals surface area contributed by atoms with Crippen LogP contribution in [0.1, 0.15) is 45.1 Å². The van der Waals surface area contributed by atoms with E-state index in [4.69, 9.17) is 4.74 Å². The van der Waals surface area contributed by atoms with E-state index in [-0.39, 0.29) is 6.61 Å². The number of rotatable bonds is 9. The van der Waals surface area contributed by atoms with Crippen molar-refractivity contribution < 1.29 is 19.4 Å². The van der Waals surface area contributed by atoms with E-state index >= 15 is 0 Å². The van der Waals surface area contributed by atoms with Crippen LogP contribution in [-0.2, 0) is 16.1 Å². The molecule has 1 N–H and O–H groups in total. The highest BCUT2D eigenvalue weighted by atomic mass is 16.6. The topological polar surface area (TPSA) is 66.8 Å². The lowest BCUT2D eigenvalue weighted by molar-refractivity contribution is -0.143. The number of nitrogens with zero attached hydrogens (tertiary/aromatic N) is 1. The summed E-state index contributed by atoms with van der Waals surface area (Å²) in [6.45, 7) is 4.29. The molecule has 0 fully saturated rings. The zero-order chi connectivity index (χ0) is 16.4. The highest BCUT2D eigenvalue weighted by molar-refractivity contribution is 5.80. The molecule has 22 heavy (non-hydrogen) atoms. The Bertz CT molecular complexity index is 461. The van der Waals surface area contributed by atoms with Crippen LogP contribution in [0.25, 0.3) is 0 Å². The molecule has 1 atom stereocenters. The quantitative estimate of drug-likeness (QED) is 0.707. The van der Waals surface area contributed by atoms with E-state index in [2.05, 4.69) is 6.92 Å². The molecule has 5 nitrogen and oxygen atoms in total. The smallest absolute Gasteiger partial charge is 0.410 e. The number of carbonyl (C=O) groups excluding carboxylic acids is 1. The van der Waals surface area contributed by atoms with Crippen LogP contribution in [0.15, 0.2) is 30.3 Å². The van der Waals surface area contributed by atoms with Crippen molar-refractivity contribution in [3.05, 3.63) is 35.9 Å². The number of benzene rings is 1. The Labute approximate surface area is 131 Å². The Morgan fingerprint density at radius 1 is 1.18 bits per heavy atom. The summed E-state index contributed by atoms with van der Waals surface area (Å²) in [6.07, 6.45) is 2.64. The van der Waals surface area contributed by atoms with Crippen molar-refractivity contribution in [1.82, 2.24) is 4.90 Å². The normalized spacial score (nSPS) is 11.7. The van der Waals surface area contributed by atoms with Crippen LogP contribution in [0.4, 0.5) is 4.79 Å². The average Bonchev–Trinajstić information content (AvgIpc) is 2.53. The molecule has 1 rings (SSSR count). The highest BCUT2D eigenvalue weighted by Gasteiger charge is 2.29. The molecule has 1 aromatic rings. The predicted molar refractivity (Wildman–Crippen MR) is 84.6 cm³/mol. The molecular weight excluding hydrogens is 282 g/mol. The SMILES string of the molecule is CCCCCC(C(=O)O)N(CC)C(=O)OCc1ccccc1. The van der Waals surface area contributed by atoms with Gasteiger partial charge >= 0.3 is 12.1 Å². The van der Waals surface area contributed by atoms with Gasteiger partial charge in [-0.2, -0.15) is 0 Å². The van der Waals surface area contributed by atoms with Crippen LogP contribution in [0.2, 0.25) is 0 Å².